The van der Waals surface area contributed by atoms with E-state index in [2.05, 4.69) is 36.2 Å². The van der Waals surface area contributed by atoms with Gasteiger partial charge in [-0.15, -0.1) is 0 Å². The van der Waals surface area contributed by atoms with E-state index in [-0.39, 0.29) is 17.9 Å². The normalized spacial score (nSPS) is 33.1. The number of carbonyl (C=O) groups is 1. The fraction of sp³-hybridized carbons (Fsp3) is 0.391. The number of pyridine rings is 1. The van der Waals surface area contributed by atoms with Crippen molar-refractivity contribution in [3.8, 4) is 11.1 Å². The molecule has 0 radical (unpaired) electrons. The minimum Gasteiger partial charge on any atom is -0.460 e. The number of esters is 1. The highest BCUT2D eigenvalue weighted by Crippen LogP contribution is 2.49. The van der Waals surface area contributed by atoms with Gasteiger partial charge in [-0.25, -0.2) is 4.79 Å². The van der Waals surface area contributed by atoms with Crippen molar-refractivity contribution in [2.75, 3.05) is 0 Å². The van der Waals surface area contributed by atoms with Crippen LogP contribution in [0.1, 0.15) is 32.4 Å². The van der Waals surface area contributed by atoms with Crippen LogP contribution >= 0.6 is 0 Å². The summed E-state index contributed by atoms with van der Waals surface area (Å²) in [5.74, 6) is -0.197. The number of ether oxygens (including phenoxy) is 1. The third kappa shape index (κ3) is 3.19. The number of nitrogens with zero attached hydrogens (tertiary/aromatic N) is 1. The lowest BCUT2D eigenvalue weighted by Crippen LogP contribution is -2.50. The maximum absolute atomic E-state index is 12.1. The Bertz CT molecular complexity index is 846. The molecule has 0 spiro atoms. The molecule has 5 atom stereocenters. The van der Waals surface area contributed by atoms with E-state index in [1.807, 2.05) is 43.5 Å². The largest absolute Gasteiger partial charge is 0.460 e. The standard InChI is InChI=1S/C23H25NO3/c1-15-12-13-23(26)21(16(2)27-22(23)25)20(15)11-10-19-9-8-18(14-24-19)17-6-4-3-5-7-17/h3-11,14-16,20-21,26H,12-13H2,1-2H3/b11-10+. The van der Waals surface area contributed by atoms with Crippen molar-refractivity contribution in [3.63, 3.8) is 0 Å². The summed E-state index contributed by atoms with van der Waals surface area (Å²) in [7, 11) is 0. The molecule has 140 valence electrons. The Morgan fingerprint density at radius 2 is 1.93 bits per heavy atom. The zero-order chi connectivity index (χ0) is 19.0. The molecular formula is C23H25NO3. The van der Waals surface area contributed by atoms with Gasteiger partial charge in [0.05, 0.1) is 5.69 Å². The molecule has 1 aliphatic heterocycles. The van der Waals surface area contributed by atoms with Gasteiger partial charge in [0.1, 0.15) is 6.10 Å². The molecule has 5 unspecified atom stereocenters. The second-order valence-electron chi connectivity index (χ2n) is 7.85. The Morgan fingerprint density at radius 3 is 2.63 bits per heavy atom. The van der Waals surface area contributed by atoms with E-state index in [1.54, 1.807) is 0 Å². The first kappa shape index (κ1) is 17.9. The summed E-state index contributed by atoms with van der Waals surface area (Å²) in [4.78, 5) is 16.7. The number of aromatic nitrogens is 1. The molecule has 0 amide bonds. The molecule has 4 rings (SSSR count). The first-order chi connectivity index (χ1) is 13.0. The number of allylic oxidation sites excluding steroid dienone is 1. The van der Waals surface area contributed by atoms with E-state index in [0.717, 1.165) is 23.2 Å². The van der Waals surface area contributed by atoms with Crippen LogP contribution < -0.4 is 0 Å². The van der Waals surface area contributed by atoms with Crippen molar-refractivity contribution in [2.45, 2.75) is 38.4 Å². The van der Waals surface area contributed by atoms with Crippen LogP contribution in [0, 0.1) is 17.8 Å². The van der Waals surface area contributed by atoms with E-state index in [4.69, 9.17) is 4.74 Å². The predicted octanol–water partition coefficient (Wildman–Crippen LogP) is 4.10. The first-order valence-electron chi connectivity index (χ1n) is 9.62. The summed E-state index contributed by atoms with van der Waals surface area (Å²) in [6.45, 7) is 4.06. The van der Waals surface area contributed by atoms with Crippen LogP contribution in [0.3, 0.4) is 0 Å². The fourth-order valence-corrected chi connectivity index (χ4v) is 4.59. The second-order valence-corrected chi connectivity index (χ2v) is 7.85. The van der Waals surface area contributed by atoms with Gasteiger partial charge in [-0.05, 0) is 49.3 Å². The highest BCUT2D eigenvalue weighted by molar-refractivity contribution is 5.82. The van der Waals surface area contributed by atoms with Crippen molar-refractivity contribution in [1.82, 2.24) is 4.98 Å². The maximum Gasteiger partial charge on any atom is 0.338 e. The van der Waals surface area contributed by atoms with Crippen LogP contribution in [0.25, 0.3) is 17.2 Å². The lowest BCUT2D eigenvalue weighted by atomic mass is 9.64. The van der Waals surface area contributed by atoms with Gasteiger partial charge in [-0.3, -0.25) is 4.98 Å². The lowest BCUT2D eigenvalue weighted by molar-refractivity contribution is -0.158. The van der Waals surface area contributed by atoms with Gasteiger partial charge in [0.2, 0.25) is 0 Å². The number of hydrogen-bond acceptors (Lipinski definition) is 4. The Labute approximate surface area is 159 Å². The van der Waals surface area contributed by atoms with Crippen molar-refractivity contribution in [3.05, 3.63) is 60.4 Å². The molecule has 1 aliphatic carbocycles. The number of hydrogen-bond donors (Lipinski definition) is 1. The zero-order valence-electron chi connectivity index (χ0n) is 15.7. The molecule has 1 aromatic carbocycles. The summed E-state index contributed by atoms with van der Waals surface area (Å²) in [6.07, 6.45) is 6.99. The number of rotatable bonds is 3. The highest BCUT2D eigenvalue weighted by Gasteiger charge is 2.59. The average Bonchev–Trinajstić information content (AvgIpc) is 2.92. The molecule has 1 saturated heterocycles. The minimum atomic E-state index is -1.34. The monoisotopic (exact) mass is 363 g/mol. The molecule has 4 heteroatoms. The number of cyclic esters (lactones) is 1. The number of fused-ring (bicyclic) bond motifs is 1. The number of benzene rings is 1. The Balaban J connectivity index is 1.55. The van der Waals surface area contributed by atoms with E-state index >= 15 is 0 Å². The molecule has 27 heavy (non-hydrogen) atoms. The molecule has 2 aromatic rings. The van der Waals surface area contributed by atoms with Gasteiger partial charge in [0.25, 0.3) is 0 Å². The van der Waals surface area contributed by atoms with Crippen molar-refractivity contribution >= 4 is 12.0 Å². The van der Waals surface area contributed by atoms with Crippen molar-refractivity contribution < 1.29 is 14.6 Å². The first-order valence-corrected chi connectivity index (χ1v) is 9.62. The number of aliphatic hydroxyl groups is 1. The molecule has 1 N–H and O–H groups in total. The van der Waals surface area contributed by atoms with Gasteiger partial charge in [-0.2, -0.15) is 0 Å². The van der Waals surface area contributed by atoms with Gasteiger partial charge in [-0.1, -0.05) is 49.4 Å². The van der Waals surface area contributed by atoms with Crippen molar-refractivity contribution in [1.29, 1.82) is 0 Å². The molecule has 2 aliphatic rings. The summed E-state index contributed by atoms with van der Waals surface area (Å²) in [5, 5.41) is 10.9. The van der Waals surface area contributed by atoms with E-state index < -0.39 is 11.6 Å². The van der Waals surface area contributed by atoms with Crippen molar-refractivity contribution in [2.24, 2.45) is 17.8 Å². The smallest absolute Gasteiger partial charge is 0.338 e. The third-order valence-electron chi connectivity index (χ3n) is 6.14. The SMILES string of the molecule is CC1CCC2(O)C(=O)OC(C)C2C1/C=C/c1ccc(-c2ccccc2)cn1. The van der Waals surface area contributed by atoms with Crippen LogP contribution in [-0.2, 0) is 9.53 Å². The molecule has 0 bridgehead atoms. The summed E-state index contributed by atoms with van der Waals surface area (Å²) >= 11 is 0. The van der Waals surface area contributed by atoms with Gasteiger partial charge in [0.15, 0.2) is 5.60 Å². The Hall–Kier alpha value is -2.46. The Kier molecular flexibility index (Phi) is 4.60. The van der Waals surface area contributed by atoms with Crippen LogP contribution in [0.4, 0.5) is 0 Å². The summed E-state index contributed by atoms with van der Waals surface area (Å²) < 4.78 is 5.37. The van der Waals surface area contributed by atoms with Crippen LogP contribution in [0.2, 0.25) is 0 Å². The van der Waals surface area contributed by atoms with Gasteiger partial charge < -0.3 is 9.84 Å². The third-order valence-corrected chi connectivity index (χ3v) is 6.14. The minimum absolute atomic E-state index is 0.0841. The van der Waals surface area contributed by atoms with Gasteiger partial charge >= 0.3 is 5.97 Å². The quantitative estimate of drug-likeness (QED) is 0.834. The second kappa shape index (κ2) is 6.93. The highest BCUT2D eigenvalue weighted by atomic mass is 16.6. The molecule has 4 nitrogen and oxygen atoms in total. The van der Waals surface area contributed by atoms with E-state index in [1.165, 1.54) is 0 Å². The molecule has 2 fully saturated rings. The van der Waals surface area contributed by atoms with Gasteiger partial charge in [0, 0.05) is 17.7 Å². The summed E-state index contributed by atoms with van der Waals surface area (Å²) in [5.41, 5.74) is 1.75. The lowest BCUT2D eigenvalue weighted by Gasteiger charge is -2.40. The van der Waals surface area contributed by atoms with E-state index in [0.29, 0.717) is 12.3 Å². The number of carbonyl (C=O) groups excluding carboxylic acids is 1. The molecule has 1 saturated carbocycles. The van der Waals surface area contributed by atoms with E-state index in [9.17, 15) is 9.90 Å². The topological polar surface area (TPSA) is 59.4 Å². The fourth-order valence-electron chi connectivity index (χ4n) is 4.59. The zero-order valence-corrected chi connectivity index (χ0v) is 15.7. The molecule has 2 heterocycles. The average molecular weight is 363 g/mol. The van der Waals surface area contributed by atoms with Crippen LogP contribution in [0.15, 0.2) is 54.7 Å². The van der Waals surface area contributed by atoms with Crippen LogP contribution in [-0.4, -0.2) is 27.8 Å². The molecule has 1 aromatic heterocycles. The summed E-state index contributed by atoms with van der Waals surface area (Å²) in [6, 6.07) is 14.2. The predicted molar refractivity (Wildman–Crippen MR) is 105 cm³/mol. The molecular weight excluding hydrogens is 338 g/mol. The maximum atomic E-state index is 12.1. The van der Waals surface area contributed by atoms with Crippen LogP contribution in [0.5, 0.6) is 0 Å². The Morgan fingerprint density at radius 1 is 1.15 bits per heavy atom.